The first-order valence-electron chi connectivity index (χ1n) is 7.55. The fraction of sp³-hybridized carbons (Fsp3) is 0.158. The van der Waals surface area contributed by atoms with E-state index in [0.717, 1.165) is 16.0 Å². The van der Waals surface area contributed by atoms with Crippen LogP contribution in [0.5, 0.6) is 0 Å². The minimum absolute atomic E-state index is 0.0528. The second-order valence-corrected chi connectivity index (χ2v) is 6.07. The summed E-state index contributed by atoms with van der Waals surface area (Å²) in [5, 5.41) is -0.0528. The summed E-state index contributed by atoms with van der Waals surface area (Å²) >= 11 is 6.11. The maximum Gasteiger partial charge on any atom is 0.273 e. The third-order valence-corrected chi connectivity index (χ3v) is 4.34. The third-order valence-electron chi connectivity index (χ3n) is 3.99. The molecule has 0 N–H and O–H groups in total. The Bertz CT molecular complexity index is 825. The number of hydrogen-bond acceptors (Lipinski definition) is 2. The van der Waals surface area contributed by atoms with Gasteiger partial charge in [0.25, 0.3) is 11.8 Å². The molecular formula is C19H15ClFNO2. The predicted molar refractivity (Wildman–Crippen MR) is 90.8 cm³/mol. The fourth-order valence-corrected chi connectivity index (χ4v) is 2.90. The lowest BCUT2D eigenvalue weighted by molar-refractivity contribution is -0.136. The second kappa shape index (κ2) is 6.57. The lowest BCUT2D eigenvalue weighted by atomic mass is 10.0. The lowest BCUT2D eigenvalue weighted by Gasteiger charge is -2.14. The van der Waals surface area contributed by atoms with Gasteiger partial charge in [-0.1, -0.05) is 53.6 Å². The number of carbonyl (C=O) groups is 2. The number of carbonyl (C=O) groups excluding carboxylic acids is 2. The number of benzene rings is 2. The van der Waals surface area contributed by atoms with Crippen molar-refractivity contribution in [3.63, 3.8) is 0 Å². The van der Waals surface area contributed by atoms with Crippen molar-refractivity contribution < 1.29 is 14.0 Å². The number of halogens is 2. The van der Waals surface area contributed by atoms with Crippen LogP contribution in [0.25, 0.3) is 5.57 Å². The molecule has 5 heteroatoms. The van der Waals surface area contributed by atoms with Crippen LogP contribution < -0.4 is 0 Å². The van der Waals surface area contributed by atoms with Crippen molar-refractivity contribution in [3.05, 3.63) is 76.1 Å². The van der Waals surface area contributed by atoms with Crippen LogP contribution in [0.4, 0.5) is 4.39 Å². The molecule has 0 radical (unpaired) electrons. The zero-order chi connectivity index (χ0) is 17.3. The number of hydrogen-bond donors (Lipinski definition) is 0. The van der Waals surface area contributed by atoms with Gasteiger partial charge in [0.05, 0.1) is 5.57 Å². The first-order chi connectivity index (χ1) is 11.5. The molecule has 0 aliphatic carbocycles. The molecule has 122 valence electrons. The molecule has 0 aromatic heterocycles. The molecule has 0 saturated heterocycles. The maximum absolute atomic E-state index is 12.9. The Hall–Kier alpha value is -2.46. The molecule has 0 spiro atoms. The van der Waals surface area contributed by atoms with E-state index in [4.69, 9.17) is 11.6 Å². The number of aryl methyl sites for hydroxylation is 1. The quantitative estimate of drug-likeness (QED) is 0.794. The van der Waals surface area contributed by atoms with Gasteiger partial charge in [-0.05, 0) is 36.6 Å². The van der Waals surface area contributed by atoms with Crippen molar-refractivity contribution in [2.45, 2.75) is 13.3 Å². The van der Waals surface area contributed by atoms with Gasteiger partial charge in [-0.15, -0.1) is 0 Å². The van der Waals surface area contributed by atoms with E-state index in [2.05, 4.69) is 0 Å². The maximum atomic E-state index is 12.9. The van der Waals surface area contributed by atoms with Crippen molar-refractivity contribution in [2.24, 2.45) is 0 Å². The Morgan fingerprint density at radius 3 is 2.21 bits per heavy atom. The van der Waals surface area contributed by atoms with Crippen LogP contribution in [0.3, 0.4) is 0 Å². The predicted octanol–water partition coefficient (Wildman–Crippen LogP) is 3.70. The minimum Gasteiger partial charge on any atom is -0.273 e. The molecule has 0 bridgehead atoms. The Morgan fingerprint density at radius 1 is 0.958 bits per heavy atom. The summed E-state index contributed by atoms with van der Waals surface area (Å²) in [7, 11) is 0. The zero-order valence-electron chi connectivity index (χ0n) is 13.1. The molecule has 1 heterocycles. The average Bonchev–Trinajstić information content (AvgIpc) is 2.78. The molecule has 2 aromatic carbocycles. The van der Waals surface area contributed by atoms with Crippen LogP contribution in [0, 0.1) is 12.7 Å². The van der Waals surface area contributed by atoms with Crippen molar-refractivity contribution >= 4 is 29.0 Å². The summed E-state index contributed by atoms with van der Waals surface area (Å²) in [4.78, 5) is 26.0. The molecule has 1 aliphatic heterocycles. The van der Waals surface area contributed by atoms with Gasteiger partial charge >= 0.3 is 0 Å². The summed E-state index contributed by atoms with van der Waals surface area (Å²) in [6.45, 7) is 2.14. The van der Waals surface area contributed by atoms with Crippen LogP contribution in [-0.4, -0.2) is 23.3 Å². The highest BCUT2D eigenvalue weighted by Gasteiger charge is 2.37. The summed E-state index contributed by atoms with van der Waals surface area (Å²) < 4.78 is 12.9. The highest BCUT2D eigenvalue weighted by molar-refractivity contribution is 6.55. The molecule has 2 aromatic rings. The van der Waals surface area contributed by atoms with Gasteiger partial charge in [0, 0.05) is 6.54 Å². The fourth-order valence-electron chi connectivity index (χ4n) is 2.61. The molecule has 0 unspecified atom stereocenters. The number of imide groups is 1. The van der Waals surface area contributed by atoms with Gasteiger partial charge in [-0.2, -0.15) is 0 Å². The minimum atomic E-state index is -0.487. The van der Waals surface area contributed by atoms with Crippen LogP contribution in [-0.2, 0) is 16.0 Å². The smallest absolute Gasteiger partial charge is 0.273 e. The summed E-state index contributed by atoms with van der Waals surface area (Å²) in [5.41, 5.74) is 2.77. The number of rotatable bonds is 4. The van der Waals surface area contributed by atoms with E-state index in [1.165, 1.54) is 12.1 Å². The molecule has 1 aliphatic rings. The topological polar surface area (TPSA) is 37.4 Å². The van der Waals surface area contributed by atoms with Gasteiger partial charge < -0.3 is 0 Å². The Kier molecular flexibility index (Phi) is 4.49. The second-order valence-electron chi connectivity index (χ2n) is 5.69. The van der Waals surface area contributed by atoms with Crippen LogP contribution in [0.15, 0.2) is 53.6 Å². The molecule has 0 fully saturated rings. The summed E-state index contributed by atoms with van der Waals surface area (Å²) in [6.07, 6.45) is 0.448. The van der Waals surface area contributed by atoms with E-state index >= 15 is 0 Å². The zero-order valence-corrected chi connectivity index (χ0v) is 13.8. The van der Waals surface area contributed by atoms with Crippen LogP contribution >= 0.6 is 11.6 Å². The first kappa shape index (κ1) is 16.4. The van der Waals surface area contributed by atoms with Gasteiger partial charge in [-0.3, -0.25) is 14.5 Å². The normalized spacial score (nSPS) is 14.7. The van der Waals surface area contributed by atoms with Gasteiger partial charge in [0.1, 0.15) is 10.8 Å². The van der Waals surface area contributed by atoms with Gasteiger partial charge in [0.2, 0.25) is 0 Å². The van der Waals surface area contributed by atoms with E-state index < -0.39 is 11.8 Å². The van der Waals surface area contributed by atoms with Gasteiger partial charge in [0.15, 0.2) is 0 Å². The van der Waals surface area contributed by atoms with E-state index in [1.807, 2.05) is 19.1 Å². The van der Waals surface area contributed by atoms with E-state index in [9.17, 15) is 14.0 Å². The molecule has 24 heavy (non-hydrogen) atoms. The average molecular weight is 344 g/mol. The molecule has 0 saturated carbocycles. The van der Waals surface area contributed by atoms with Crippen molar-refractivity contribution in [3.8, 4) is 0 Å². The number of nitrogens with zero attached hydrogens (tertiary/aromatic N) is 1. The molecule has 3 rings (SSSR count). The molecule has 0 atom stereocenters. The first-order valence-corrected chi connectivity index (χ1v) is 7.92. The number of amides is 2. The van der Waals surface area contributed by atoms with Crippen LogP contribution in [0.1, 0.15) is 16.7 Å². The Morgan fingerprint density at radius 2 is 1.58 bits per heavy atom. The monoisotopic (exact) mass is 343 g/mol. The standard InChI is InChI=1S/C19H15ClFNO2/c1-12-2-6-14(7-3-12)16-17(20)19(24)22(18(16)23)11-10-13-4-8-15(21)9-5-13/h2-9H,10-11H2,1H3. The van der Waals surface area contributed by atoms with E-state index in [1.54, 1.807) is 24.3 Å². The SMILES string of the molecule is Cc1ccc(C2=C(Cl)C(=O)N(CCc3ccc(F)cc3)C2=O)cc1. The Balaban J connectivity index is 1.78. The van der Waals surface area contributed by atoms with Gasteiger partial charge in [-0.25, -0.2) is 4.39 Å². The molecule has 3 nitrogen and oxygen atoms in total. The molecule has 2 amide bonds. The van der Waals surface area contributed by atoms with E-state index in [-0.39, 0.29) is 23.0 Å². The Labute approximate surface area is 144 Å². The van der Waals surface area contributed by atoms with Crippen molar-refractivity contribution in [1.82, 2.24) is 4.90 Å². The van der Waals surface area contributed by atoms with Crippen molar-refractivity contribution in [2.75, 3.05) is 6.54 Å². The summed E-state index contributed by atoms with van der Waals surface area (Å²) in [5.74, 6) is -1.20. The molecular weight excluding hydrogens is 329 g/mol. The third kappa shape index (κ3) is 3.10. The lowest BCUT2D eigenvalue weighted by Crippen LogP contribution is -2.33. The van der Waals surface area contributed by atoms with E-state index in [0.29, 0.717) is 12.0 Å². The summed E-state index contributed by atoms with van der Waals surface area (Å²) in [6, 6.07) is 13.3. The highest BCUT2D eigenvalue weighted by atomic mass is 35.5. The largest absolute Gasteiger partial charge is 0.273 e. The van der Waals surface area contributed by atoms with Crippen molar-refractivity contribution in [1.29, 1.82) is 0 Å². The highest BCUT2D eigenvalue weighted by Crippen LogP contribution is 2.31. The van der Waals surface area contributed by atoms with Crippen LogP contribution in [0.2, 0.25) is 0 Å².